The van der Waals surface area contributed by atoms with E-state index < -0.39 is 0 Å². The summed E-state index contributed by atoms with van der Waals surface area (Å²) in [7, 11) is 5.22. The Morgan fingerprint density at radius 3 is 2.33 bits per heavy atom. The van der Waals surface area contributed by atoms with Crippen molar-refractivity contribution in [1.29, 1.82) is 0 Å². The van der Waals surface area contributed by atoms with Gasteiger partial charge in [-0.15, -0.1) is 24.0 Å². The molecule has 0 atom stereocenters. The zero-order valence-electron chi connectivity index (χ0n) is 16.6. The first-order valence-corrected chi connectivity index (χ1v) is 9.19. The number of rotatable bonds is 9. The van der Waals surface area contributed by atoms with Crippen molar-refractivity contribution in [1.82, 2.24) is 10.2 Å². The SMILES string of the molecule is CN=C(NCCCOCCOC)N1CCN(c2ccc(OC)cc2)CC1.I. The Kier molecular flexibility index (Phi) is 12.2. The third-order valence-corrected chi connectivity index (χ3v) is 4.41. The molecule has 1 aromatic rings. The van der Waals surface area contributed by atoms with Gasteiger partial charge in [0.25, 0.3) is 0 Å². The number of nitrogens with zero attached hydrogens (tertiary/aromatic N) is 3. The number of anilines is 1. The number of piperazine rings is 1. The minimum absolute atomic E-state index is 0. The van der Waals surface area contributed by atoms with Gasteiger partial charge in [0, 0.05) is 59.2 Å². The van der Waals surface area contributed by atoms with Gasteiger partial charge in [0.05, 0.1) is 20.3 Å². The van der Waals surface area contributed by atoms with Crippen LogP contribution in [0.1, 0.15) is 6.42 Å². The van der Waals surface area contributed by atoms with Gasteiger partial charge < -0.3 is 29.3 Å². The summed E-state index contributed by atoms with van der Waals surface area (Å²) in [5.74, 6) is 1.86. The van der Waals surface area contributed by atoms with Crippen LogP contribution in [0.4, 0.5) is 5.69 Å². The molecule has 1 N–H and O–H groups in total. The van der Waals surface area contributed by atoms with Gasteiger partial charge in [-0.3, -0.25) is 4.99 Å². The maximum atomic E-state index is 5.48. The van der Waals surface area contributed by atoms with Crippen molar-refractivity contribution in [2.24, 2.45) is 4.99 Å². The molecule has 154 valence electrons. The van der Waals surface area contributed by atoms with Gasteiger partial charge >= 0.3 is 0 Å². The van der Waals surface area contributed by atoms with Crippen molar-refractivity contribution in [3.8, 4) is 5.75 Å². The maximum Gasteiger partial charge on any atom is 0.193 e. The van der Waals surface area contributed by atoms with E-state index in [1.165, 1.54) is 5.69 Å². The highest BCUT2D eigenvalue weighted by Gasteiger charge is 2.19. The van der Waals surface area contributed by atoms with Crippen molar-refractivity contribution in [3.63, 3.8) is 0 Å². The highest BCUT2D eigenvalue weighted by atomic mass is 127. The standard InChI is InChI=1S/C19H32N4O3.HI/c1-20-19(21-9-4-14-26-16-15-24-2)23-12-10-22(11-13-23)17-5-7-18(25-3)8-6-17;/h5-8H,4,9-16H2,1-3H3,(H,20,21);1H. The average molecular weight is 492 g/mol. The number of aliphatic imine (C=N–C) groups is 1. The number of hydrogen-bond acceptors (Lipinski definition) is 5. The van der Waals surface area contributed by atoms with E-state index in [2.05, 4.69) is 32.2 Å². The molecule has 27 heavy (non-hydrogen) atoms. The first-order valence-electron chi connectivity index (χ1n) is 9.19. The van der Waals surface area contributed by atoms with E-state index in [1.54, 1.807) is 14.2 Å². The molecule has 0 spiro atoms. The number of ether oxygens (including phenoxy) is 3. The predicted molar refractivity (Wildman–Crippen MR) is 121 cm³/mol. The molecule has 0 radical (unpaired) electrons. The van der Waals surface area contributed by atoms with Gasteiger partial charge in [0.1, 0.15) is 5.75 Å². The van der Waals surface area contributed by atoms with Crippen LogP contribution in [0.5, 0.6) is 5.75 Å². The molecule has 0 aromatic heterocycles. The van der Waals surface area contributed by atoms with Gasteiger partial charge in [-0.25, -0.2) is 0 Å². The van der Waals surface area contributed by atoms with Gasteiger partial charge in [-0.05, 0) is 30.7 Å². The van der Waals surface area contributed by atoms with Crippen LogP contribution in [0.25, 0.3) is 0 Å². The van der Waals surface area contributed by atoms with E-state index >= 15 is 0 Å². The average Bonchev–Trinajstić information content (AvgIpc) is 2.70. The number of hydrogen-bond donors (Lipinski definition) is 1. The fraction of sp³-hybridized carbons (Fsp3) is 0.632. The molecular weight excluding hydrogens is 459 g/mol. The van der Waals surface area contributed by atoms with Gasteiger partial charge in [0.2, 0.25) is 0 Å². The first-order chi connectivity index (χ1) is 12.8. The van der Waals surface area contributed by atoms with Crippen LogP contribution < -0.4 is 15.0 Å². The normalized spacial score (nSPS) is 14.7. The molecule has 0 aliphatic carbocycles. The predicted octanol–water partition coefficient (Wildman–Crippen LogP) is 2.06. The summed E-state index contributed by atoms with van der Waals surface area (Å²) in [4.78, 5) is 9.12. The molecule has 1 aliphatic heterocycles. The Morgan fingerprint density at radius 1 is 1.04 bits per heavy atom. The van der Waals surface area contributed by atoms with Gasteiger partial charge in [0.15, 0.2) is 5.96 Å². The van der Waals surface area contributed by atoms with Gasteiger partial charge in [-0.2, -0.15) is 0 Å². The van der Waals surface area contributed by atoms with Crippen LogP contribution >= 0.6 is 24.0 Å². The molecule has 7 nitrogen and oxygen atoms in total. The zero-order valence-corrected chi connectivity index (χ0v) is 19.0. The summed E-state index contributed by atoms with van der Waals surface area (Å²) in [6, 6.07) is 8.25. The molecule has 0 saturated carbocycles. The van der Waals surface area contributed by atoms with Gasteiger partial charge in [-0.1, -0.05) is 0 Å². The van der Waals surface area contributed by atoms with Crippen LogP contribution in [0.2, 0.25) is 0 Å². The Labute approximate surface area is 180 Å². The molecule has 0 amide bonds. The van der Waals surface area contributed by atoms with Crippen molar-refractivity contribution in [2.45, 2.75) is 6.42 Å². The Bertz CT molecular complexity index is 534. The Hall–Kier alpha value is -1.26. The lowest BCUT2D eigenvalue weighted by Gasteiger charge is -2.37. The number of guanidine groups is 1. The molecule has 1 fully saturated rings. The van der Waals surface area contributed by atoms with E-state index in [9.17, 15) is 0 Å². The fourth-order valence-electron chi connectivity index (χ4n) is 2.92. The number of halogens is 1. The van der Waals surface area contributed by atoms with E-state index in [-0.39, 0.29) is 24.0 Å². The molecule has 2 rings (SSSR count). The number of benzene rings is 1. The summed E-state index contributed by atoms with van der Waals surface area (Å²) >= 11 is 0. The minimum Gasteiger partial charge on any atom is -0.497 e. The van der Waals surface area contributed by atoms with Crippen LogP contribution in [-0.4, -0.2) is 84.7 Å². The van der Waals surface area contributed by atoms with Crippen LogP contribution in [-0.2, 0) is 9.47 Å². The van der Waals surface area contributed by atoms with E-state index in [1.807, 2.05) is 19.2 Å². The van der Waals surface area contributed by atoms with E-state index in [0.29, 0.717) is 13.2 Å². The summed E-state index contributed by atoms with van der Waals surface area (Å²) in [5, 5.41) is 3.43. The topological polar surface area (TPSA) is 58.6 Å². The Morgan fingerprint density at radius 2 is 1.74 bits per heavy atom. The largest absolute Gasteiger partial charge is 0.497 e. The fourth-order valence-corrected chi connectivity index (χ4v) is 2.92. The van der Waals surface area contributed by atoms with E-state index in [0.717, 1.165) is 57.5 Å². The highest BCUT2D eigenvalue weighted by Crippen LogP contribution is 2.20. The van der Waals surface area contributed by atoms with Crippen LogP contribution in [0.15, 0.2) is 29.3 Å². The second-order valence-electron chi connectivity index (χ2n) is 6.10. The summed E-state index contributed by atoms with van der Waals surface area (Å²) in [6.45, 7) is 6.76. The maximum absolute atomic E-state index is 5.48. The van der Waals surface area contributed by atoms with Crippen molar-refractivity contribution >= 4 is 35.6 Å². The smallest absolute Gasteiger partial charge is 0.193 e. The molecule has 0 unspecified atom stereocenters. The molecule has 1 heterocycles. The highest BCUT2D eigenvalue weighted by molar-refractivity contribution is 14.0. The molecule has 1 saturated heterocycles. The lowest BCUT2D eigenvalue weighted by Crippen LogP contribution is -2.52. The molecule has 8 heteroatoms. The van der Waals surface area contributed by atoms with Crippen LogP contribution in [0.3, 0.4) is 0 Å². The summed E-state index contributed by atoms with van der Waals surface area (Å²) in [5.41, 5.74) is 1.24. The second-order valence-corrected chi connectivity index (χ2v) is 6.10. The summed E-state index contributed by atoms with van der Waals surface area (Å²) < 4.78 is 15.7. The van der Waals surface area contributed by atoms with E-state index in [4.69, 9.17) is 14.2 Å². The monoisotopic (exact) mass is 492 g/mol. The first kappa shape index (κ1) is 23.8. The number of nitrogens with one attached hydrogen (secondary N) is 1. The minimum atomic E-state index is 0. The Balaban J connectivity index is 0.00000364. The van der Waals surface area contributed by atoms with Crippen molar-refractivity contribution in [2.75, 3.05) is 78.7 Å². The third kappa shape index (κ3) is 8.10. The van der Waals surface area contributed by atoms with Crippen molar-refractivity contribution in [3.05, 3.63) is 24.3 Å². The quantitative estimate of drug-likeness (QED) is 0.247. The second kappa shape index (κ2) is 13.8. The third-order valence-electron chi connectivity index (χ3n) is 4.41. The molecular formula is C19H33IN4O3. The molecule has 1 aromatic carbocycles. The summed E-state index contributed by atoms with van der Waals surface area (Å²) in [6.07, 6.45) is 0.953. The van der Waals surface area contributed by atoms with Crippen LogP contribution in [0, 0.1) is 0 Å². The number of methoxy groups -OCH3 is 2. The molecule has 1 aliphatic rings. The lowest BCUT2D eigenvalue weighted by atomic mass is 10.2. The molecule has 0 bridgehead atoms. The van der Waals surface area contributed by atoms with Crippen molar-refractivity contribution < 1.29 is 14.2 Å². The zero-order chi connectivity index (χ0) is 18.6. The lowest BCUT2D eigenvalue weighted by molar-refractivity contribution is 0.0698.